The first kappa shape index (κ1) is 17.6. The minimum absolute atomic E-state index is 0.191. The van der Waals surface area contributed by atoms with E-state index in [1.165, 1.54) is 4.31 Å². The third kappa shape index (κ3) is 3.19. The number of rotatable bonds is 5. The van der Waals surface area contributed by atoms with Crippen LogP contribution in [0.4, 0.5) is 25.8 Å². The number of hydrogen-bond acceptors (Lipinski definition) is 3. The Bertz CT molecular complexity index is 887. The average molecular weight is 367 g/mol. The zero-order chi connectivity index (χ0) is 18.2. The van der Waals surface area contributed by atoms with Gasteiger partial charge in [-0.15, -0.1) is 0 Å². The van der Waals surface area contributed by atoms with Crippen molar-refractivity contribution in [3.63, 3.8) is 0 Å². The smallest absolute Gasteiger partial charge is 0.309 e. The van der Waals surface area contributed by atoms with Crippen LogP contribution in [0.1, 0.15) is 6.42 Å². The van der Waals surface area contributed by atoms with Crippen molar-refractivity contribution in [2.24, 2.45) is 0 Å². The summed E-state index contributed by atoms with van der Waals surface area (Å²) < 4.78 is 55.8. The maximum absolute atomic E-state index is 14.3. The van der Waals surface area contributed by atoms with Crippen LogP contribution in [0, 0.1) is 11.6 Å². The summed E-state index contributed by atoms with van der Waals surface area (Å²) in [4.78, 5) is 1.96. The second kappa shape index (κ2) is 6.61. The van der Waals surface area contributed by atoms with Gasteiger partial charge in [0.1, 0.15) is 5.82 Å². The highest BCUT2D eigenvalue weighted by Gasteiger charge is 2.41. The summed E-state index contributed by atoms with van der Waals surface area (Å²) in [5, 5.41) is 0. The second-order valence-electron chi connectivity index (χ2n) is 6.09. The Morgan fingerprint density at radius 3 is 2.32 bits per heavy atom. The fourth-order valence-corrected chi connectivity index (χ4v) is 4.62. The van der Waals surface area contributed by atoms with Crippen LogP contribution < -0.4 is 8.61 Å². The van der Waals surface area contributed by atoms with Gasteiger partial charge in [-0.05, 0) is 51.3 Å². The van der Waals surface area contributed by atoms with Gasteiger partial charge in [-0.3, -0.25) is 4.31 Å². The molecule has 0 aliphatic carbocycles. The Hall–Kier alpha value is -2.19. The minimum atomic E-state index is -3.99. The summed E-state index contributed by atoms with van der Waals surface area (Å²) >= 11 is 0. The Labute approximate surface area is 146 Å². The van der Waals surface area contributed by atoms with Gasteiger partial charge in [-0.1, -0.05) is 12.1 Å². The number of nitrogens with zero attached hydrogens (tertiary/aromatic N) is 3. The zero-order valence-electron chi connectivity index (χ0n) is 14.0. The van der Waals surface area contributed by atoms with Crippen LogP contribution in [0.15, 0.2) is 42.5 Å². The van der Waals surface area contributed by atoms with Crippen LogP contribution in [-0.2, 0) is 10.2 Å². The lowest BCUT2D eigenvalue weighted by atomic mass is 10.2. The summed E-state index contributed by atoms with van der Waals surface area (Å²) in [5.74, 6) is -1.68. The fourth-order valence-electron chi connectivity index (χ4n) is 2.86. The predicted molar refractivity (Wildman–Crippen MR) is 94.4 cm³/mol. The van der Waals surface area contributed by atoms with E-state index in [9.17, 15) is 17.2 Å². The minimum Gasteiger partial charge on any atom is -0.309 e. The predicted octanol–water partition coefficient (Wildman–Crippen LogP) is 3.12. The van der Waals surface area contributed by atoms with E-state index in [-0.39, 0.29) is 12.2 Å². The molecule has 0 spiro atoms. The molecule has 0 fully saturated rings. The van der Waals surface area contributed by atoms with Gasteiger partial charge >= 0.3 is 10.2 Å². The van der Waals surface area contributed by atoms with E-state index in [0.29, 0.717) is 23.9 Å². The molecule has 0 bridgehead atoms. The van der Waals surface area contributed by atoms with E-state index >= 15 is 0 Å². The van der Waals surface area contributed by atoms with Crippen molar-refractivity contribution in [2.45, 2.75) is 6.42 Å². The van der Waals surface area contributed by atoms with Crippen molar-refractivity contribution in [1.82, 2.24) is 4.90 Å². The number of hydrogen-bond donors (Lipinski definition) is 0. The molecule has 2 aromatic carbocycles. The van der Waals surface area contributed by atoms with E-state index < -0.39 is 21.8 Å². The van der Waals surface area contributed by atoms with Gasteiger partial charge in [0, 0.05) is 12.6 Å². The van der Waals surface area contributed by atoms with Crippen LogP contribution in [0.3, 0.4) is 0 Å². The molecule has 134 valence electrons. The van der Waals surface area contributed by atoms with Gasteiger partial charge < -0.3 is 4.90 Å². The number of anilines is 3. The highest BCUT2D eigenvalue weighted by atomic mass is 32.2. The standard InChI is InChI=1S/C17H19F2N3O2S/c1-20(2)10-5-11-21-16-6-3-4-7-17(16)22(25(21,23)24)15-9-8-13(18)12-14(15)19/h3-4,6-9,12H,5,10-11H2,1-2H3. The molecule has 0 amide bonds. The molecule has 3 rings (SSSR count). The first-order valence-corrected chi connectivity index (χ1v) is 9.24. The highest BCUT2D eigenvalue weighted by molar-refractivity contribution is 7.95. The molecule has 25 heavy (non-hydrogen) atoms. The van der Waals surface area contributed by atoms with Crippen molar-refractivity contribution < 1.29 is 17.2 Å². The summed E-state index contributed by atoms with van der Waals surface area (Å²) in [5.41, 5.74) is 0.659. The highest BCUT2D eigenvalue weighted by Crippen LogP contribution is 2.45. The van der Waals surface area contributed by atoms with Gasteiger partial charge in [0.05, 0.1) is 17.1 Å². The van der Waals surface area contributed by atoms with Gasteiger partial charge in [0.15, 0.2) is 5.82 Å². The van der Waals surface area contributed by atoms with E-state index in [1.54, 1.807) is 24.3 Å². The third-order valence-corrected chi connectivity index (χ3v) is 5.76. The largest absolute Gasteiger partial charge is 0.331 e. The lowest BCUT2D eigenvalue weighted by Crippen LogP contribution is -2.37. The average Bonchev–Trinajstić information content (AvgIpc) is 2.75. The van der Waals surface area contributed by atoms with Crippen molar-refractivity contribution in [3.05, 3.63) is 54.1 Å². The molecule has 8 heteroatoms. The lowest BCUT2D eigenvalue weighted by Gasteiger charge is -2.22. The van der Waals surface area contributed by atoms with Crippen molar-refractivity contribution in [2.75, 3.05) is 35.8 Å². The molecule has 1 aliphatic rings. The molecule has 0 saturated heterocycles. The molecule has 1 heterocycles. The first-order chi connectivity index (χ1) is 11.8. The first-order valence-electron chi connectivity index (χ1n) is 7.84. The number of fused-ring (bicyclic) bond motifs is 1. The summed E-state index contributed by atoms with van der Waals surface area (Å²) in [6.07, 6.45) is 0.625. The fraction of sp³-hybridized carbons (Fsp3) is 0.294. The molecule has 0 saturated carbocycles. The molecule has 0 radical (unpaired) electrons. The molecule has 0 N–H and O–H groups in total. The van der Waals surface area contributed by atoms with Crippen LogP contribution in [0.25, 0.3) is 0 Å². The number of para-hydroxylation sites is 2. The summed E-state index contributed by atoms with van der Waals surface area (Å²) in [6, 6.07) is 9.59. The Morgan fingerprint density at radius 2 is 1.68 bits per heavy atom. The monoisotopic (exact) mass is 367 g/mol. The maximum Gasteiger partial charge on any atom is 0.331 e. The third-order valence-electron chi connectivity index (χ3n) is 3.97. The molecule has 0 unspecified atom stereocenters. The zero-order valence-corrected chi connectivity index (χ0v) is 14.8. The summed E-state index contributed by atoms with van der Waals surface area (Å²) in [7, 11) is -0.169. The van der Waals surface area contributed by atoms with Crippen molar-refractivity contribution in [3.8, 4) is 0 Å². The van der Waals surface area contributed by atoms with E-state index in [4.69, 9.17) is 0 Å². The quantitative estimate of drug-likeness (QED) is 0.816. The number of benzene rings is 2. The van der Waals surface area contributed by atoms with Gasteiger partial charge in [-0.2, -0.15) is 8.42 Å². The second-order valence-corrected chi connectivity index (χ2v) is 7.79. The van der Waals surface area contributed by atoms with Crippen molar-refractivity contribution in [1.29, 1.82) is 0 Å². The van der Waals surface area contributed by atoms with Gasteiger partial charge in [0.2, 0.25) is 0 Å². The number of halogens is 2. The lowest BCUT2D eigenvalue weighted by molar-refractivity contribution is 0.403. The summed E-state index contributed by atoms with van der Waals surface area (Å²) in [6.45, 7) is 0.996. The van der Waals surface area contributed by atoms with E-state index in [0.717, 1.165) is 23.0 Å². The van der Waals surface area contributed by atoms with E-state index in [2.05, 4.69) is 0 Å². The van der Waals surface area contributed by atoms with Crippen LogP contribution >= 0.6 is 0 Å². The normalized spacial score (nSPS) is 15.7. The molecule has 1 aliphatic heterocycles. The van der Waals surface area contributed by atoms with Crippen LogP contribution in [0.5, 0.6) is 0 Å². The topological polar surface area (TPSA) is 43.9 Å². The molecular weight excluding hydrogens is 348 g/mol. The molecule has 0 aromatic heterocycles. The Balaban J connectivity index is 2.05. The molecule has 0 atom stereocenters. The van der Waals surface area contributed by atoms with Gasteiger partial charge in [0.25, 0.3) is 0 Å². The van der Waals surface area contributed by atoms with Crippen LogP contribution in [0.2, 0.25) is 0 Å². The molecular formula is C17H19F2N3O2S. The van der Waals surface area contributed by atoms with Gasteiger partial charge in [-0.25, -0.2) is 13.1 Å². The molecule has 5 nitrogen and oxygen atoms in total. The van der Waals surface area contributed by atoms with Crippen LogP contribution in [-0.4, -0.2) is 40.5 Å². The SMILES string of the molecule is CN(C)CCCN1c2ccccc2N(c2ccc(F)cc2F)S1(=O)=O. The van der Waals surface area contributed by atoms with Crippen molar-refractivity contribution >= 4 is 27.3 Å². The van der Waals surface area contributed by atoms with E-state index in [1.807, 2.05) is 19.0 Å². The Kier molecular flexibility index (Phi) is 4.66. The maximum atomic E-state index is 14.3. The molecule has 2 aromatic rings. The Morgan fingerprint density at radius 1 is 1.00 bits per heavy atom.